The molecule has 0 saturated carbocycles. The molecule has 1 atom stereocenters. The Morgan fingerprint density at radius 3 is 2.29 bits per heavy atom. The molecule has 1 fully saturated rings. The van der Waals surface area contributed by atoms with Gasteiger partial charge in [-0.25, -0.2) is 0 Å². The number of benzene rings is 2. The summed E-state index contributed by atoms with van der Waals surface area (Å²) in [6, 6.07) is 16.2. The fourth-order valence-corrected chi connectivity index (χ4v) is 3.67. The van der Waals surface area contributed by atoms with E-state index in [1.54, 1.807) is 0 Å². The quantitative estimate of drug-likeness (QED) is 0.757. The molecule has 5 heteroatoms. The lowest BCUT2D eigenvalue weighted by atomic mass is 10.0. The van der Waals surface area contributed by atoms with Crippen LogP contribution in [0.2, 0.25) is 0 Å². The predicted molar refractivity (Wildman–Crippen MR) is 114 cm³/mol. The summed E-state index contributed by atoms with van der Waals surface area (Å²) < 4.78 is 5.45. The molecule has 0 aliphatic carbocycles. The molecule has 1 amide bonds. The van der Waals surface area contributed by atoms with Crippen LogP contribution in [0.1, 0.15) is 41.7 Å². The number of amides is 1. The van der Waals surface area contributed by atoms with Crippen LogP contribution in [-0.2, 0) is 0 Å². The van der Waals surface area contributed by atoms with Crippen LogP contribution in [0.5, 0.6) is 5.75 Å². The first-order valence-corrected chi connectivity index (χ1v) is 10.1. The highest BCUT2D eigenvalue weighted by atomic mass is 16.5. The van der Waals surface area contributed by atoms with Crippen LogP contribution < -0.4 is 15.0 Å². The molecule has 1 aliphatic heterocycles. The summed E-state index contributed by atoms with van der Waals surface area (Å²) in [5, 5.41) is 3.13. The van der Waals surface area contributed by atoms with E-state index in [1.165, 1.54) is 24.1 Å². The van der Waals surface area contributed by atoms with Crippen LogP contribution in [-0.4, -0.2) is 51.1 Å². The van der Waals surface area contributed by atoms with Crippen molar-refractivity contribution in [3.05, 3.63) is 59.7 Å². The standard InChI is InChI=1S/C23H31N3O2/c1-4-28-21-13-9-19(10-14-21)23(27)24-17-22(26-15-5-6-16-26)18-7-11-20(12-8-18)25(2)3/h7-14,22H,4-6,15-17H2,1-3H3,(H,24,27)/t22-/m0/s1. The van der Waals surface area contributed by atoms with E-state index in [-0.39, 0.29) is 11.9 Å². The Kier molecular flexibility index (Phi) is 6.93. The van der Waals surface area contributed by atoms with Crippen LogP contribution in [0.3, 0.4) is 0 Å². The van der Waals surface area contributed by atoms with E-state index < -0.39 is 0 Å². The SMILES string of the molecule is CCOc1ccc(C(=O)NC[C@@H](c2ccc(N(C)C)cc2)N2CCCC2)cc1. The minimum atomic E-state index is -0.0443. The average molecular weight is 382 g/mol. The summed E-state index contributed by atoms with van der Waals surface area (Å²) in [5.41, 5.74) is 3.09. The number of anilines is 1. The second-order valence-corrected chi connectivity index (χ2v) is 7.41. The maximum atomic E-state index is 12.6. The molecule has 0 spiro atoms. The zero-order chi connectivity index (χ0) is 19.9. The van der Waals surface area contributed by atoms with Gasteiger partial charge in [0.2, 0.25) is 0 Å². The van der Waals surface area contributed by atoms with E-state index in [9.17, 15) is 4.79 Å². The number of rotatable bonds is 8. The fraction of sp³-hybridized carbons (Fsp3) is 0.435. The molecular formula is C23H31N3O2. The minimum absolute atomic E-state index is 0.0443. The molecular weight excluding hydrogens is 350 g/mol. The van der Waals surface area contributed by atoms with Crippen LogP contribution in [0.4, 0.5) is 5.69 Å². The molecule has 2 aromatic carbocycles. The highest BCUT2D eigenvalue weighted by Crippen LogP contribution is 2.26. The Balaban J connectivity index is 1.68. The van der Waals surface area contributed by atoms with Crippen molar-refractivity contribution >= 4 is 11.6 Å². The van der Waals surface area contributed by atoms with Crippen molar-refractivity contribution in [3.63, 3.8) is 0 Å². The summed E-state index contributed by atoms with van der Waals surface area (Å²) >= 11 is 0. The number of carbonyl (C=O) groups is 1. The van der Waals surface area contributed by atoms with Gasteiger partial charge in [-0.05, 0) is 74.8 Å². The molecule has 2 aromatic rings. The van der Waals surface area contributed by atoms with E-state index in [1.807, 2.05) is 45.3 Å². The number of ether oxygens (including phenoxy) is 1. The van der Waals surface area contributed by atoms with Gasteiger partial charge in [0.25, 0.3) is 5.91 Å². The van der Waals surface area contributed by atoms with E-state index in [4.69, 9.17) is 4.74 Å². The maximum Gasteiger partial charge on any atom is 0.251 e. The molecule has 150 valence electrons. The molecule has 28 heavy (non-hydrogen) atoms. The summed E-state index contributed by atoms with van der Waals surface area (Å²) in [6.07, 6.45) is 2.44. The van der Waals surface area contributed by atoms with Gasteiger partial charge in [0.15, 0.2) is 0 Å². The molecule has 1 N–H and O–H groups in total. The molecule has 3 rings (SSSR count). The summed E-state index contributed by atoms with van der Waals surface area (Å²) in [4.78, 5) is 17.2. The first kappa shape index (κ1) is 20.2. The Hall–Kier alpha value is -2.53. The Morgan fingerprint density at radius 1 is 1.07 bits per heavy atom. The second-order valence-electron chi connectivity index (χ2n) is 7.41. The highest BCUT2D eigenvalue weighted by molar-refractivity contribution is 5.94. The molecule has 0 radical (unpaired) electrons. The third-order valence-corrected chi connectivity index (χ3v) is 5.26. The van der Waals surface area contributed by atoms with Crippen molar-refractivity contribution in [3.8, 4) is 5.75 Å². The number of carbonyl (C=O) groups excluding carboxylic acids is 1. The van der Waals surface area contributed by atoms with Crippen molar-refractivity contribution in [2.24, 2.45) is 0 Å². The summed E-state index contributed by atoms with van der Waals surface area (Å²) in [5.74, 6) is 0.743. The molecule has 1 saturated heterocycles. The van der Waals surface area contributed by atoms with Gasteiger partial charge in [0.1, 0.15) is 5.75 Å². The monoisotopic (exact) mass is 381 g/mol. The molecule has 0 unspecified atom stereocenters. The van der Waals surface area contributed by atoms with Crippen LogP contribution in [0.25, 0.3) is 0 Å². The lowest BCUT2D eigenvalue weighted by Crippen LogP contribution is -2.36. The topological polar surface area (TPSA) is 44.8 Å². The van der Waals surface area contributed by atoms with Gasteiger partial charge in [0.05, 0.1) is 12.6 Å². The molecule has 0 bridgehead atoms. The smallest absolute Gasteiger partial charge is 0.251 e. The van der Waals surface area contributed by atoms with E-state index in [2.05, 4.69) is 39.4 Å². The van der Waals surface area contributed by atoms with Gasteiger partial charge in [0, 0.05) is 31.9 Å². The van der Waals surface area contributed by atoms with Gasteiger partial charge < -0.3 is 15.0 Å². The Labute approximate surface area is 168 Å². The first-order chi connectivity index (χ1) is 13.6. The second kappa shape index (κ2) is 9.60. The summed E-state index contributed by atoms with van der Waals surface area (Å²) in [6.45, 7) is 5.34. The maximum absolute atomic E-state index is 12.6. The molecule has 0 aromatic heterocycles. The summed E-state index contributed by atoms with van der Waals surface area (Å²) in [7, 11) is 4.09. The van der Waals surface area contributed by atoms with E-state index in [0.717, 1.165) is 18.8 Å². The van der Waals surface area contributed by atoms with Crippen molar-refractivity contribution in [2.75, 3.05) is 45.2 Å². The van der Waals surface area contributed by atoms with Crippen molar-refractivity contribution in [1.82, 2.24) is 10.2 Å². The lowest BCUT2D eigenvalue weighted by molar-refractivity contribution is 0.0938. The largest absolute Gasteiger partial charge is 0.494 e. The Morgan fingerprint density at radius 2 is 1.71 bits per heavy atom. The highest BCUT2D eigenvalue weighted by Gasteiger charge is 2.24. The normalized spacial score (nSPS) is 15.2. The fourth-order valence-electron chi connectivity index (χ4n) is 3.67. The molecule has 1 aliphatic rings. The predicted octanol–water partition coefficient (Wildman–Crippen LogP) is 3.72. The number of likely N-dealkylation sites (tertiary alicyclic amines) is 1. The zero-order valence-electron chi connectivity index (χ0n) is 17.1. The molecule has 5 nitrogen and oxygen atoms in total. The van der Waals surface area contributed by atoms with Crippen LogP contribution >= 0.6 is 0 Å². The van der Waals surface area contributed by atoms with Crippen LogP contribution in [0, 0.1) is 0 Å². The first-order valence-electron chi connectivity index (χ1n) is 10.1. The zero-order valence-corrected chi connectivity index (χ0v) is 17.1. The third-order valence-electron chi connectivity index (χ3n) is 5.26. The molecule has 1 heterocycles. The number of nitrogens with one attached hydrogen (secondary N) is 1. The number of hydrogen-bond donors (Lipinski definition) is 1. The van der Waals surface area contributed by atoms with Crippen molar-refractivity contribution in [2.45, 2.75) is 25.8 Å². The van der Waals surface area contributed by atoms with Crippen molar-refractivity contribution in [1.29, 1.82) is 0 Å². The third kappa shape index (κ3) is 5.04. The van der Waals surface area contributed by atoms with E-state index >= 15 is 0 Å². The lowest BCUT2D eigenvalue weighted by Gasteiger charge is -2.28. The van der Waals surface area contributed by atoms with Gasteiger partial charge >= 0.3 is 0 Å². The number of hydrogen-bond acceptors (Lipinski definition) is 4. The van der Waals surface area contributed by atoms with Gasteiger partial charge in [-0.2, -0.15) is 0 Å². The van der Waals surface area contributed by atoms with Gasteiger partial charge in [-0.3, -0.25) is 9.69 Å². The van der Waals surface area contributed by atoms with E-state index in [0.29, 0.717) is 18.7 Å². The number of nitrogens with zero attached hydrogens (tertiary/aromatic N) is 2. The van der Waals surface area contributed by atoms with Gasteiger partial charge in [-0.15, -0.1) is 0 Å². The van der Waals surface area contributed by atoms with Gasteiger partial charge in [-0.1, -0.05) is 12.1 Å². The Bertz CT molecular complexity index is 750. The van der Waals surface area contributed by atoms with Crippen molar-refractivity contribution < 1.29 is 9.53 Å². The minimum Gasteiger partial charge on any atom is -0.494 e. The average Bonchev–Trinajstić information content (AvgIpc) is 3.24. The van der Waals surface area contributed by atoms with Crippen LogP contribution in [0.15, 0.2) is 48.5 Å².